The quantitative estimate of drug-likeness (QED) is 0.550. The van der Waals surface area contributed by atoms with E-state index in [-0.39, 0.29) is 11.9 Å². The molecular weight excluding hydrogens is 320 g/mol. The number of ether oxygens (including phenoxy) is 2. The molecule has 1 aromatic rings. The molecule has 3 nitrogen and oxygen atoms in total. The fraction of sp³-hybridized carbons (Fsp3) is 0.438. The maximum atomic E-state index is 10.9. The second kappa shape index (κ2) is 8.80. The number of esters is 1. The van der Waals surface area contributed by atoms with Gasteiger partial charge in [-0.15, -0.1) is 0 Å². The normalized spacial score (nSPS) is 12.7. The van der Waals surface area contributed by atoms with Crippen LogP contribution in [0, 0.1) is 11.8 Å². The Bertz CT molecular complexity index is 455. The van der Waals surface area contributed by atoms with Crippen molar-refractivity contribution in [3.8, 4) is 5.75 Å². The topological polar surface area (TPSA) is 35.5 Å². The first-order valence-corrected chi connectivity index (χ1v) is 7.46. The minimum Gasteiger partial charge on any atom is -0.493 e. The third-order valence-corrected chi connectivity index (χ3v) is 3.02. The van der Waals surface area contributed by atoms with E-state index >= 15 is 0 Å². The average Bonchev–Trinajstić information content (AvgIpc) is 2.37. The van der Waals surface area contributed by atoms with Crippen molar-refractivity contribution in [2.24, 2.45) is 11.8 Å². The summed E-state index contributed by atoms with van der Waals surface area (Å²) < 4.78 is 11.8. The van der Waals surface area contributed by atoms with Crippen LogP contribution in [0.2, 0.25) is 0 Å². The van der Waals surface area contributed by atoms with E-state index in [1.807, 2.05) is 30.3 Å². The Hall–Kier alpha value is -1.29. The Labute approximate surface area is 129 Å². The lowest BCUT2D eigenvalue weighted by molar-refractivity contribution is -0.142. The standard InChI is InChI=1S/C16H21BrO3/c1-12(2)7-8-14(10-19-13(3)18)11-20-16-6-4-5-15(17)9-16/h4-9,12,14H,10-11H2,1-3H3/b8-7+/t14-/m0/s1. The maximum Gasteiger partial charge on any atom is 0.302 e. The number of hydrogen-bond acceptors (Lipinski definition) is 3. The highest BCUT2D eigenvalue weighted by molar-refractivity contribution is 9.10. The van der Waals surface area contributed by atoms with Crippen LogP contribution < -0.4 is 4.74 Å². The van der Waals surface area contributed by atoms with Crippen LogP contribution >= 0.6 is 15.9 Å². The Balaban J connectivity index is 2.56. The van der Waals surface area contributed by atoms with E-state index < -0.39 is 0 Å². The summed E-state index contributed by atoms with van der Waals surface area (Å²) >= 11 is 3.41. The Kier molecular flexibility index (Phi) is 7.37. The van der Waals surface area contributed by atoms with Gasteiger partial charge in [-0.2, -0.15) is 0 Å². The zero-order valence-corrected chi connectivity index (χ0v) is 13.7. The number of rotatable bonds is 7. The molecule has 0 spiro atoms. The molecule has 0 unspecified atom stereocenters. The van der Waals surface area contributed by atoms with E-state index in [2.05, 4.69) is 35.9 Å². The molecule has 1 aromatic carbocycles. The lowest BCUT2D eigenvalue weighted by atomic mass is 10.1. The van der Waals surface area contributed by atoms with Gasteiger partial charge in [-0.25, -0.2) is 0 Å². The molecule has 4 heteroatoms. The summed E-state index contributed by atoms with van der Waals surface area (Å²) in [5.74, 6) is 1.04. The van der Waals surface area contributed by atoms with Gasteiger partial charge in [0.15, 0.2) is 0 Å². The number of benzene rings is 1. The van der Waals surface area contributed by atoms with Crippen LogP contribution in [0.1, 0.15) is 20.8 Å². The van der Waals surface area contributed by atoms with Crippen LogP contribution in [0.5, 0.6) is 5.75 Å². The van der Waals surface area contributed by atoms with Crippen molar-refractivity contribution in [3.05, 3.63) is 40.9 Å². The van der Waals surface area contributed by atoms with Crippen LogP contribution in [0.3, 0.4) is 0 Å². The molecule has 0 fully saturated rings. The molecule has 0 aliphatic rings. The highest BCUT2D eigenvalue weighted by atomic mass is 79.9. The average molecular weight is 341 g/mol. The Morgan fingerprint density at radius 3 is 2.65 bits per heavy atom. The van der Waals surface area contributed by atoms with Gasteiger partial charge in [-0.3, -0.25) is 4.79 Å². The summed E-state index contributed by atoms with van der Waals surface area (Å²) in [6.45, 7) is 6.45. The van der Waals surface area contributed by atoms with Crippen molar-refractivity contribution in [1.82, 2.24) is 0 Å². The molecule has 0 aliphatic carbocycles. The number of allylic oxidation sites excluding steroid dienone is 1. The summed E-state index contributed by atoms with van der Waals surface area (Å²) in [6, 6.07) is 7.68. The molecule has 0 N–H and O–H groups in total. The van der Waals surface area contributed by atoms with Crippen LogP contribution in [0.15, 0.2) is 40.9 Å². The molecule has 0 bridgehead atoms. The highest BCUT2D eigenvalue weighted by Gasteiger charge is 2.09. The zero-order chi connectivity index (χ0) is 15.0. The molecule has 0 aliphatic heterocycles. The lowest BCUT2D eigenvalue weighted by Gasteiger charge is -2.14. The first kappa shape index (κ1) is 16.8. The minimum absolute atomic E-state index is 0.0558. The van der Waals surface area contributed by atoms with Crippen molar-refractivity contribution >= 4 is 21.9 Å². The monoisotopic (exact) mass is 340 g/mol. The van der Waals surface area contributed by atoms with Gasteiger partial charge in [0, 0.05) is 17.3 Å². The largest absolute Gasteiger partial charge is 0.493 e. The minimum atomic E-state index is -0.268. The van der Waals surface area contributed by atoms with Crippen LogP contribution in [0.25, 0.3) is 0 Å². The third kappa shape index (κ3) is 7.34. The highest BCUT2D eigenvalue weighted by Crippen LogP contribution is 2.18. The summed E-state index contributed by atoms with van der Waals surface area (Å²) in [4.78, 5) is 10.9. The predicted octanol–water partition coefficient (Wildman–Crippen LogP) is 4.22. The van der Waals surface area contributed by atoms with Gasteiger partial charge in [0.25, 0.3) is 0 Å². The summed E-state index contributed by atoms with van der Waals surface area (Å²) in [6.07, 6.45) is 4.14. The van der Waals surface area contributed by atoms with Gasteiger partial charge in [0.05, 0.1) is 6.61 Å². The Morgan fingerprint density at radius 2 is 2.05 bits per heavy atom. The van der Waals surface area contributed by atoms with Crippen molar-refractivity contribution in [1.29, 1.82) is 0 Å². The maximum absolute atomic E-state index is 10.9. The molecule has 1 rings (SSSR count). The van der Waals surface area contributed by atoms with Crippen LogP contribution in [-0.2, 0) is 9.53 Å². The van der Waals surface area contributed by atoms with Gasteiger partial charge < -0.3 is 9.47 Å². The first-order chi connectivity index (χ1) is 9.47. The molecule has 0 amide bonds. The van der Waals surface area contributed by atoms with Crippen molar-refractivity contribution in [2.45, 2.75) is 20.8 Å². The fourth-order valence-corrected chi connectivity index (χ4v) is 1.90. The van der Waals surface area contributed by atoms with Gasteiger partial charge in [-0.1, -0.05) is 48.0 Å². The molecule has 20 heavy (non-hydrogen) atoms. The summed E-state index contributed by atoms with van der Waals surface area (Å²) in [5, 5.41) is 0. The molecule has 1 atom stereocenters. The van der Waals surface area contributed by atoms with Crippen LogP contribution in [0.4, 0.5) is 0 Å². The molecule has 0 heterocycles. The predicted molar refractivity (Wildman–Crippen MR) is 83.7 cm³/mol. The number of carbonyl (C=O) groups is 1. The van der Waals surface area contributed by atoms with Gasteiger partial charge in [0.2, 0.25) is 0 Å². The summed E-state index contributed by atoms with van der Waals surface area (Å²) in [5.41, 5.74) is 0. The fourth-order valence-electron chi connectivity index (χ4n) is 1.52. The second-order valence-corrected chi connectivity index (χ2v) is 5.88. The lowest BCUT2D eigenvalue weighted by Crippen LogP contribution is -2.18. The molecular formula is C16H21BrO3. The summed E-state index contributed by atoms with van der Waals surface area (Å²) in [7, 11) is 0. The van der Waals surface area contributed by atoms with Gasteiger partial charge in [0.1, 0.15) is 12.4 Å². The number of halogens is 1. The Morgan fingerprint density at radius 1 is 1.30 bits per heavy atom. The van der Waals surface area contributed by atoms with E-state index in [0.717, 1.165) is 10.2 Å². The SMILES string of the molecule is CC(=O)OC[C@H](/C=C/C(C)C)COc1cccc(Br)c1. The molecule has 110 valence electrons. The van der Waals surface area contributed by atoms with E-state index in [9.17, 15) is 4.79 Å². The number of carbonyl (C=O) groups excluding carboxylic acids is 1. The molecule has 0 radical (unpaired) electrons. The molecule has 0 saturated heterocycles. The van der Waals surface area contributed by atoms with Gasteiger partial charge >= 0.3 is 5.97 Å². The van der Waals surface area contributed by atoms with E-state index in [1.165, 1.54) is 6.92 Å². The number of hydrogen-bond donors (Lipinski definition) is 0. The van der Waals surface area contributed by atoms with Crippen molar-refractivity contribution in [3.63, 3.8) is 0 Å². The molecule has 0 aromatic heterocycles. The van der Waals surface area contributed by atoms with E-state index in [1.54, 1.807) is 0 Å². The van der Waals surface area contributed by atoms with Crippen molar-refractivity contribution < 1.29 is 14.3 Å². The van der Waals surface area contributed by atoms with E-state index in [0.29, 0.717) is 19.1 Å². The zero-order valence-electron chi connectivity index (χ0n) is 12.1. The van der Waals surface area contributed by atoms with Gasteiger partial charge in [-0.05, 0) is 24.1 Å². The first-order valence-electron chi connectivity index (χ1n) is 6.67. The molecule has 0 saturated carbocycles. The second-order valence-electron chi connectivity index (χ2n) is 4.96. The smallest absolute Gasteiger partial charge is 0.302 e. The third-order valence-electron chi connectivity index (χ3n) is 2.53. The van der Waals surface area contributed by atoms with E-state index in [4.69, 9.17) is 9.47 Å². The van der Waals surface area contributed by atoms with Crippen molar-refractivity contribution in [2.75, 3.05) is 13.2 Å². The van der Waals surface area contributed by atoms with Crippen LogP contribution in [-0.4, -0.2) is 19.2 Å².